The monoisotopic (exact) mass is 294 g/mol. The Hall–Kier alpha value is -2.12. The molecule has 0 atom stereocenters. The third-order valence-electron chi connectivity index (χ3n) is 2.38. The van der Waals surface area contributed by atoms with E-state index in [1.54, 1.807) is 0 Å². The van der Waals surface area contributed by atoms with Crippen LogP contribution in [0, 0.1) is 0 Å². The normalized spacial score (nSPS) is 10.2. The molecule has 0 unspecified atom stereocenters. The average molecular weight is 295 g/mol. The Balaban J connectivity index is 2.07. The van der Waals surface area contributed by atoms with Gasteiger partial charge in [0.25, 0.3) is 0 Å². The predicted molar refractivity (Wildman–Crippen MR) is 77.6 cm³/mol. The van der Waals surface area contributed by atoms with Crippen LogP contribution in [-0.2, 0) is 6.54 Å². The number of nitrogens with one attached hydrogen (secondary N) is 2. The maximum atomic E-state index is 5.83. The molecule has 2 aromatic rings. The maximum Gasteiger partial charge on any atom is 0.323 e. The zero-order chi connectivity index (χ0) is 14.4. The molecule has 0 saturated heterocycles. The van der Waals surface area contributed by atoms with E-state index in [9.17, 15) is 0 Å². The van der Waals surface area contributed by atoms with Gasteiger partial charge in [0.05, 0.1) is 6.61 Å². The molecule has 1 aromatic carbocycles. The van der Waals surface area contributed by atoms with Crippen molar-refractivity contribution in [2.75, 3.05) is 17.3 Å². The lowest BCUT2D eigenvalue weighted by Gasteiger charge is -2.08. The third-order valence-corrected chi connectivity index (χ3v) is 2.63. The van der Waals surface area contributed by atoms with Crippen LogP contribution in [-0.4, -0.2) is 21.6 Å². The number of nitrogens with zero attached hydrogens (tertiary/aromatic N) is 3. The summed E-state index contributed by atoms with van der Waals surface area (Å²) >= 11 is 5.83. The molecule has 0 amide bonds. The Labute approximate surface area is 121 Å². The third kappa shape index (κ3) is 3.94. The molecular weight excluding hydrogens is 280 g/mol. The average Bonchev–Trinajstić information content (AvgIpc) is 2.47. The molecule has 0 radical (unpaired) electrons. The van der Waals surface area contributed by atoms with Crippen molar-refractivity contribution < 1.29 is 4.74 Å². The molecule has 1 heterocycles. The fourth-order valence-electron chi connectivity index (χ4n) is 1.48. The van der Waals surface area contributed by atoms with E-state index in [-0.39, 0.29) is 12.0 Å². The zero-order valence-electron chi connectivity index (χ0n) is 10.9. The summed E-state index contributed by atoms with van der Waals surface area (Å²) in [4.78, 5) is 12.2. The second kappa shape index (κ2) is 6.88. The van der Waals surface area contributed by atoms with Crippen molar-refractivity contribution in [3.8, 4) is 6.01 Å². The van der Waals surface area contributed by atoms with Gasteiger partial charge in [-0.05, 0) is 24.6 Å². The lowest BCUT2D eigenvalue weighted by Crippen LogP contribution is -2.14. The van der Waals surface area contributed by atoms with Crippen molar-refractivity contribution in [1.29, 1.82) is 0 Å². The van der Waals surface area contributed by atoms with E-state index in [2.05, 4.69) is 25.7 Å². The van der Waals surface area contributed by atoms with Gasteiger partial charge < -0.3 is 10.1 Å². The SMILES string of the molecule is CCOc1nc(NN)nc(NCc2ccc(Cl)cc2)n1. The van der Waals surface area contributed by atoms with Crippen LogP contribution in [0.1, 0.15) is 12.5 Å². The Kier molecular flexibility index (Phi) is 4.91. The molecule has 0 aliphatic rings. The van der Waals surface area contributed by atoms with Crippen LogP contribution in [0.15, 0.2) is 24.3 Å². The van der Waals surface area contributed by atoms with Gasteiger partial charge in [-0.2, -0.15) is 15.0 Å². The summed E-state index contributed by atoms with van der Waals surface area (Å²) in [5.41, 5.74) is 3.42. The number of hydrazine groups is 1. The topological polar surface area (TPSA) is 98.0 Å². The minimum Gasteiger partial charge on any atom is -0.464 e. The van der Waals surface area contributed by atoms with Gasteiger partial charge in [-0.25, -0.2) is 5.84 Å². The van der Waals surface area contributed by atoms with E-state index < -0.39 is 0 Å². The van der Waals surface area contributed by atoms with E-state index in [0.717, 1.165) is 5.56 Å². The lowest BCUT2D eigenvalue weighted by molar-refractivity contribution is 0.312. The molecule has 0 spiro atoms. The number of halogens is 1. The Morgan fingerprint density at radius 3 is 2.50 bits per heavy atom. The number of hydrogen-bond donors (Lipinski definition) is 3. The first-order valence-electron chi connectivity index (χ1n) is 6.05. The van der Waals surface area contributed by atoms with Crippen LogP contribution in [0.2, 0.25) is 5.02 Å². The van der Waals surface area contributed by atoms with Gasteiger partial charge in [-0.3, -0.25) is 5.43 Å². The quantitative estimate of drug-likeness (QED) is 0.552. The number of nitrogen functional groups attached to an aromatic ring is 1. The van der Waals surface area contributed by atoms with Gasteiger partial charge >= 0.3 is 6.01 Å². The van der Waals surface area contributed by atoms with Gasteiger partial charge in [0.2, 0.25) is 11.9 Å². The minimum absolute atomic E-state index is 0.217. The highest BCUT2D eigenvalue weighted by Crippen LogP contribution is 2.13. The smallest absolute Gasteiger partial charge is 0.323 e. The van der Waals surface area contributed by atoms with Gasteiger partial charge in [-0.1, -0.05) is 23.7 Å². The fourth-order valence-corrected chi connectivity index (χ4v) is 1.60. The summed E-state index contributed by atoms with van der Waals surface area (Å²) in [6, 6.07) is 7.70. The predicted octanol–water partition coefficient (Wildman–Crippen LogP) is 1.82. The van der Waals surface area contributed by atoms with Gasteiger partial charge in [0.15, 0.2) is 0 Å². The van der Waals surface area contributed by atoms with E-state index >= 15 is 0 Å². The molecule has 106 valence electrons. The summed E-state index contributed by atoms with van der Waals surface area (Å²) < 4.78 is 5.24. The summed E-state index contributed by atoms with van der Waals surface area (Å²) in [6.45, 7) is 2.86. The van der Waals surface area contributed by atoms with E-state index in [4.69, 9.17) is 22.2 Å². The minimum atomic E-state index is 0.217. The first kappa shape index (κ1) is 14.3. The van der Waals surface area contributed by atoms with Crippen LogP contribution < -0.4 is 21.3 Å². The Bertz CT molecular complexity index is 562. The van der Waals surface area contributed by atoms with E-state index in [1.165, 1.54) is 0 Å². The first-order valence-corrected chi connectivity index (χ1v) is 6.43. The Morgan fingerprint density at radius 2 is 1.85 bits per heavy atom. The van der Waals surface area contributed by atoms with Crippen LogP contribution >= 0.6 is 11.6 Å². The number of rotatable bonds is 6. The lowest BCUT2D eigenvalue weighted by atomic mass is 10.2. The summed E-state index contributed by atoms with van der Waals surface area (Å²) in [5.74, 6) is 5.93. The molecule has 20 heavy (non-hydrogen) atoms. The van der Waals surface area contributed by atoms with Crippen molar-refractivity contribution in [3.05, 3.63) is 34.9 Å². The number of ether oxygens (including phenoxy) is 1. The second-order valence-electron chi connectivity index (χ2n) is 3.82. The number of hydrogen-bond acceptors (Lipinski definition) is 7. The molecule has 0 bridgehead atoms. The Morgan fingerprint density at radius 1 is 1.15 bits per heavy atom. The summed E-state index contributed by atoms with van der Waals surface area (Å²) in [7, 11) is 0. The van der Waals surface area contributed by atoms with Crippen LogP contribution in [0.5, 0.6) is 6.01 Å². The molecule has 0 fully saturated rings. The number of benzene rings is 1. The van der Waals surface area contributed by atoms with Gasteiger partial charge in [0, 0.05) is 11.6 Å². The number of anilines is 2. The van der Waals surface area contributed by atoms with Crippen molar-refractivity contribution in [2.24, 2.45) is 5.84 Å². The van der Waals surface area contributed by atoms with Crippen molar-refractivity contribution in [2.45, 2.75) is 13.5 Å². The zero-order valence-corrected chi connectivity index (χ0v) is 11.7. The number of nitrogens with two attached hydrogens (primary N) is 1. The fraction of sp³-hybridized carbons (Fsp3) is 0.250. The maximum absolute atomic E-state index is 5.83. The largest absolute Gasteiger partial charge is 0.464 e. The van der Waals surface area contributed by atoms with Crippen molar-refractivity contribution in [3.63, 3.8) is 0 Å². The molecular formula is C12H15ClN6O. The molecule has 8 heteroatoms. The van der Waals surface area contributed by atoms with Crippen LogP contribution in [0.4, 0.5) is 11.9 Å². The van der Waals surface area contributed by atoms with Gasteiger partial charge in [0.1, 0.15) is 0 Å². The molecule has 2 rings (SSSR count). The van der Waals surface area contributed by atoms with Crippen molar-refractivity contribution >= 4 is 23.5 Å². The highest BCUT2D eigenvalue weighted by Gasteiger charge is 2.06. The van der Waals surface area contributed by atoms with Crippen molar-refractivity contribution in [1.82, 2.24) is 15.0 Å². The molecule has 0 aliphatic carbocycles. The first-order chi connectivity index (χ1) is 9.71. The van der Waals surface area contributed by atoms with E-state index in [0.29, 0.717) is 24.1 Å². The molecule has 4 N–H and O–H groups in total. The molecule has 0 saturated carbocycles. The highest BCUT2D eigenvalue weighted by atomic mass is 35.5. The standard InChI is InChI=1S/C12H15ClN6O/c1-2-20-12-17-10(16-11(18-12)19-14)15-7-8-3-5-9(13)6-4-8/h3-6H,2,7,14H2,1H3,(H2,15,16,17,18,19). The second-order valence-corrected chi connectivity index (χ2v) is 4.26. The molecule has 7 nitrogen and oxygen atoms in total. The highest BCUT2D eigenvalue weighted by molar-refractivity contribution is 6.30. The van der Waals surface area contributed by atoms with E-state index in [1.807, 2.05) is 31.2 Å². The van der Waals surface area contributed by atoms with Crippen LogP contribution in [0.25, 0.3) is 0 Å². The molecule has 0 aliphatic heterocycles. The summed E-state index contributed by atoms with van der Waals surface area (Å²) in [6.07, 6.45) is 0. The number of aromatic nitrogens is 3. The van der Waals surface area contributed by atoms with Gasteiger partial charge in [-0.15, -0.1) is 0 Å². The van der Waals surface area contributed by atoms with Crippen LogP contribution in [0.3, 0.4) is 0 Å². The summed E-state index contributed by atoms with van der Waals surface area (Å²) in [5, 5.41) is 3.77. The molecule has 1 aromatic heterocycles.